The highest BCUT2D eigenvalue weighted by molar-refractivity contribution is 5.28. The lowest BCUT2D eigenvalue weighted by Gasteiger charge is -2.09. The zero-order chi connectivity index (χ0) is 14.2. The van der Waals surface area contributed by atoms with E-state index in [9.17, 15) is 0 Å². The first-order valence-electron chi connectivity index (χ1n) is 7.12. The molecule has 6 heteroatoms. The monoisotopic (exact) mass is 277 g/mol. The van der Waals surface area contributed by atoms with Gasteiger partial charge in [-0.05, 0) is 26.3 Å². The fraction of sp³-hybridized carbons (Fsp3) is 0.571. The van der Waals surface area contributed by atoms with Gasteiger partial charge in [0.2, 0.25) is 5.95 Å². The van der Waals surface area contributed by atoms with E-state index in [0.29, 0.717) is 0 Å². The van der Waals surface area contributed by atoms with Gasteiger partial charge in [0.15, 0.2) is 0 Å². The predicted molar refractivity (Wildman–Crippen MR) is 78.8 cm³/mol. The summed E-state index contributed by atoms with van der Waals surface area (Å²) >= 11 is 0. The van der Waals surface area contributed by atoms with E-state index in [1.54, 1.807) is 6.20 Å². The van der Waals surface area contributed by atoms with E-state index in [4.69, 9.17) is 4.74 Å². The SMILES string of the molecule is CCOCCCn1cc(C)nc1NCCn1cccn1. The molecule has 110 valence electrons. The number of aromatic nitrogens is 4. The number of nitrogens with one attached hydrogen (secondary N) is 1. The highest BCUT2D eigenvalue weighted by atomic mass is 16.5. The number of aryl methyl sites for hydroxylation is 2. The van der Waals surface area contributed by atoms with E-state index in [2.05, 4.69) is 26.2 Å². The molecule has 0 atom stereocenters. The molecule has 0 bridgehead atoms. The molecule has 2 aromatic rings. The summed E-state index contributed by atoms with van der Waals surface area (Å²) in [6, 6.07) is 1.93. The van der Waals surface area contributed by atoms with Crippen LogP contribution in [0.25, 0.3) is 0 Å². The summed E-state index contributed by atoms with van der Waals surface area (Å²) in [5, 5.41) is 7.54. The van der Waals surface area contributed by atoms with Gasteiger partial charge in [-0.25, -0.2) is 4.98 Å². The maximum atomic E-state index is 5.37. The first-order chi connectivity index (χ1) is 9.79. The number of hydrogen-bond donors (Lipinski definition) is 1. The van der Waals surface area contributed by atoms with Crippen LogP contribution in [0.15, 0.2) is 24.7 Å². The maximum absolute atomic E-state index is 5.37. The van der Waals surface area contributed by atoms with Crippen molar-refractivity contribution >= 4 is 5.95 Å². The highest BCUT2D eigenvalue weighted by Gasteiger charge is 2.04. The molecular weight excluding hydrogens is 254 g/mol. The average molecular weight is 277 g/mol. The fourth-order valence-electron chi connectivity index (χ4n) is 2.05. The summed E-state index contributed by atoms with van der Waals surface area (Å²) in [5.74, 6) is 0.922. The zero-order valence-corrected chi connectivity index (χ0v) is 12.2. The van der Waals surface area contributed by atoms with Crippen LogP contribution in [0.5, 0.6) is 0 Å². The van der Waals surface area contributed by atoms with E-state index >= 15 is 0 Å². The second-order valence-corrected chi connectivity index (χ2v) is 4.65. The van der Waals surface area contributed by atoms with E-state index in [1.807, 2.05) is 30.8 Å². The van der Waals surface area contributed by atoms with Crippen molar-refractivity contribution in [3.05, 3.63) is 30.4 Å². The molecule has 0 aliphatic heterocycles. The molecule has 0 saturated heterocycles. The molecule has 0 amide bonds. The van der Waals surface area contributed by atoms with Crippen molar-refractivity contribution in [3.63, 3.8) is 0 Å². The summed E-state index contributed by atoms with van der Waals surface area (Å²) < 4.78 is 9.42. The van der Waals surface area contributed by atoms with Crippen LogP contribution in [0, 0.1) is 6.92 Å². The average Bonchev–Trinajstić information content (AvgIpc) is 3.05. The number of hydrogen-bond acceptors (Lipinski definition) is 4. The topological polar surface area (TPSA) is 56.9 Å². The third kappa shape index (κ3) is 4.38. The minimum Gasteiger partial charge on any atom is -0.382 e. The van der Waals surface area contributed by atoms with Gasteiger partial charge in [0.25, 0.3) is 0 Å². The lowest BCUT2D eigenvalue weighted by molar-refractivity contribution is 0.142. The molecule has 6 nitrogen and oxygen atoms in total. The first kappa shape index (κ1) is 14.6. The number of ether oxygens (including phenoxy) is 1. The lowest BCUT2D eigenvalue weighted by Crippen LogP contribution is -2.14. The summed E-state index contributed by atoms with van der Waals surface area (Å²) in [6.45, 7) is 8.16. The van der Waals surface area contributed by atoms with Gasteiger partial charge in [-0.3, -0.25) is 4.68 Å². The Kier molecular flexibility index (Phi) is 5.61. The van der Waals surface area contributed by atoms with Gasteiger partial charge in [-0.15, -0.1) is 0 Å². The van der Waals surface area contributed by atoms with Crippen molar-refractivity contribution in [2.75, 3.05) is 25.1 Å². The van der Waals surface area contributed by atoms with E-state index < -0.39 is 0 Å². The van der Waals surface area contributed by atoms with Crippen LogP contribution in [0.3, 0.4) is 0 Å². The zero-order valence-electron chi connectivity index (χ0n) is 12.2. The van der Waals surface area contributed by atoms with Crippen LogP contribution >= 0.6 is 0 Å². The molecule has 0 unspecified atom stereocenters. The van der Waals surface area contributed by atoms with Crippen LogP contribution < -0.4 is 5.32 Å². The molecule has 0 radical (unpaired) electrons. The van der Waals surface area contributed by atoms with Gasteiger partial charge in [0.1, 0.15) is 0 Å². The molecule has 0 aromatic carbocycles. The fourth-order valence-corrected chi connectivity index (χ4v) is 2.05. The van der Waals surface area contributed by atoms with E-state index in [0.717, 1.165) is 50.9 Å². The van der Waals surface area contributed by atoms with Crippen molar-refractivity contribution in [1.29, 1.82) is 0 Å². The molecule has 0 fully saturated rings. The lowest BCUT2D eigenvalue weighted by atomic mass is 10.4. The van der Waals surface area contributed by atoms with Crippen LogP contribution in [-0.2, 0) is 17.8 Å². The number of imidazole rings is 1. The summed E-state index contributed by atoms with van der Waals surface area (Å²) in [4.78, 5) is 4.51. The number of rotatable bonds is 9. The van der Waals surface area contributed by atoms with Gasteiger partial charge in [0, 0.05) is 44.9 Å². The predicted octanol–water partition coefficient (Wildman–Crippen LogP) is 1.93. The van der Waals surface area contributed by atoms with Crippen molar-refractivity contribution < 1.29 is 4.74 Å². The Hall–Kier alpha value is -1.82. The second-order valence-electron chi connectivity index (χ2n) is 4.65. The number of nitrogens with zero attached hydrogens (tertiary/aromatic N) is 4. The summed E-state index contributed by atoms with van der Waals surface area (Å²) in [6.07, 6.45) is 6.82. The van der Waals surface area contributed by atoms with Crippen molar-refractivity contribution in [1.82, 2.24) is 19.3 Å². The Bertz CT molecular complexity index is 492. The van der Waals surface area contributed by atoms with Crippen LogP contribution in [0.1, 0.15) is 19.0 Å². The molecule has 2 aromatic heterocycles. The Balaban J connectivity index is 1.80. The molecule has 2 heterocycles. The van der Waals surface area contributed by atoms with Crippen molar-refractivity contribution in [2.45, 2.75) is 33.4 Å². The maximum Gasteiger partial charge on any atom is 0.203 e. The van der Waals surface area contributed by atoms with Gasteiger partial charge >= 0.3 is 0 Å². The molecular formula is C14H23N5O. The summed E-state index contributed by atoms with van der Waals surface area (Å²) in [7, 11) is 0. The van der Waals surface area contributed by atoms with Crippen molar-refractivity contribution in [2.24, 2.45) is 0 Å². The molecule has 0 aliphatic rings. The third-order valence-electron chi connectivity index (χ3n) is 2.97. The first-order valence-corrected chi connectivity index (χ1v) is 7.12. The largest absolute Gasteiger partial charge is 0.382 e. The highest BCUT2D eigenvalue weighted by Crippen LogP contribution is 2.09. The van der Waals surface area contributed by atoms with Crippen LogP contribution in [0.2, 0.25) is 0 Å². The Morgan fingerprint density at radius 2 is 2.25 bits per heavy atom. The minimum atomic E-state index is 0.776. The van der Waals surface area contributed by atoms with Crippen LogP contribution in [-0.4, -0.2) is 39.1 Å². The Morgan fingerprint density at radius 3 is 3.00 bits per heavy atom. The standard InChI is InChI=1S/C14H23N5O/c1-3-20-11-5-8-18-12-13(2)17-14(18)15-7-10-19-9-4-6-16-19/h4,6,9,12H,3,5,7-8,10-11H2,1-2H3,(H,15,17). The molecule has 20 heavy (non-hydrogen) atoms. The molecule has 0 saturated carbocycles. The van der Waals surface area contributed by atoms with Gasteiger partial charge in [-0.1, -0.05) is 0 Å². The molecule has 0 aliphatic carbocycles. The van der Waals surface area contributed by atoms with Gasteiger partial charge < -0.3 is 14.6 Å². The Labute approximate surface area is 119 Å². The Morgan fingerprint density at radius 1 is 1.35 bits per heavy atom. The van der Waals surface area contributed by atoms with Gasteiger partial charge in [0.05, 0.1) is 12.2 Å². The number of anilines is 1. The van der Waals surface area contributed by atoms with Crippen molar-refractivity contribution in [3.8, 4) is 0 Å². The third-order valence-corrected chi connectivity index (χ3v) is 2.97. The molecule has 1 N–H and O–H groups in total. The molecule has 0 spiro atoms. The van der Waals surface area contributed by atoms with Gasteiger partial charge in [-0.2, -0.15) is 5.10 Å². The smallest absolute Gasteiger partial charge is 0.203 e. The summed E-state index contributed by atoms with van der Waals surface area (Å²) in [5.41, 5.74) is 1.03. The van der Waals surface area contributed by atoms with E-state index in [-0.39, 0.29) is 0 Å². The quantitative estimate of drug-likeness (QED) is 0.712. The normalized spacial score (nSPS) is 10.9. The minimum absolute atomic E-state index is 0.776. The second kappa shape index (κ2) is 7.69. The molecule has 2 rings (SSSR count). The van der Waals surface area contributed by atoms with E-state index in [1.165, 1.54) is 0 Å². The van der Waals surface area contributed by atoms with Crippen LogP contribution in [0.4, 0.5) is 5.95 Å².